The van der Waals surface area contributed by atoms with Crippen LogP contribution in [0.3, 0.4) is 0 Å². The molecule has 1 aromatic heterocycles. The second-order valence-corrected chi connectivity index (χ2v) is 8.36. The van der Waals surface area contributed by atoms with Gasteiger partial charge in [-0.25, -0.2) is 9.37 Å². The molecule has 1 N–H and O–H groups in total. The third-order valence-corrected chi connectivity index (χ3v) is 6.49. The van der Waals surface area contributed by atoms with Crippen LogP contribution in [-0.4, -0.2) is 56.3 Å². The molecule has 1 aliphatic carbocycles. The van der Waals surface area contributed by atoms with Crippen LogP contribution in [0.2, 0.25) is 0 Å². The minimum Gasteiger partial charge on any atom is -0.342 e. The maximum atomic E-state index is 13.4. The molecule has 5 rings (SSSR count). The van der Waals surface area contributed by atoms with Gasteiger partial charge in [-0.15, -0.1) is 0 Å². The second-order valence-electron chi connectivity index (χ2n) is 8.36. The summed E-state index contributed by atoms with van der Waals surface area (Å²) in [6, 6.07) is 4.83. The zero-order valence-electron chi connectivity index (χ0n) is 15.9. The molecule has 1 atom stereocenters. The van der Waals surface area contributed by atoms with E-state index in [-0.39, 0.29) is 17.6 Å². The Morgan fingerprint density at radius 2 is 2.04 bits per heavy atom. The quantitative estimate of drug-likeness (QED) is 0.881. The maximum Gasteiger partial charge on any atom is 0.248 e. The predicted molar refractivity (Wildman–Crippen MR) is 102 cm³/mol. The second kappa shape index (κ2) is 6.57. The van der Waals surface area contributed by atoms with Crippen LogP contribution in [0.1, 0.15) is 50.8 Å². The number of piperidine rings is 1. The van der Waals surface area contributed by atoms with Crippen LogP contribution in [0.4, 0.5) is 4.39 Å². The van der Waals surface area contributed by atoms with Crippen molar-refractivity contribution >= 4 is 22.8 Å². The molecule has 1 unspecified atom stereocenters. The van der Waals surface area contributed by atoms with Gasteiger partial charge in [-0.1, -0.05) is 0 Å². The van der Waals surface area contributed by atoms with E-state index in [0.29, 0.717) is 42.3 Å². The molecular formula is C21H25FN4O2. The third-order valence-electron chi connectivity index (χ3n) is 6.49. The largest absolute Gasteiger partial charge is 0.342 e. The number of amides is 2. The number of aryl methyl sites for hydroxylation is 1. The highest BCUT2D eigenvalue weighted by Gasteiger charge is 2.54. The molecule has 28 heavy (non-hydrogen) atoms. The molecule has 6 nitrogen and oxygen atoms in total. The summed E-state index contributed by atoms with van der Waals surface area (Å²) in [5, 5.41) is 0. The Labute approximate surface area is 163 Å². The van der Waals surface area contributed by atoms with Gasteiger partial charge < -0.3 is 14.8 Å². The van der Waals surface area contributed by atoms with Crippen LogP contribution < -0.4 is 0 Å². The number of nitrogens with one attached hydrogen (secondary N) is 1. The molecule has 0 radical (unpaired) electrons. The molecule has 148 valence electrons. The summed E-state index contributed by atoms with van der Waals surface area (Å²) in [6.07, 6.45) is 6.39. The maximum absolute atomic E-state index is 13.4. The van der Waals surface area contributed by atoms with E-state index in [1.165, 1.54) is 12.1 Å². The highest BCUT2D eigenvalue weighted by molar-refractivity contribution is 5.93. The van der Waals surface area contributed by atoms with Crippen molar-refractivity contribution in [3.63, 3.8) is 0 Å². The molecule has 1 spiro atoms. The molecule has 1 aromatic carbocycles. The first kappa shape index (κ1) is 17.6. The molecule has 3 aliphatic rings. The van der Waals surface area contributed by atoms with Crippen LogP contribution in [0.15, 0.2) is 18.2 Å². The van der Waals surface area contributed by atoms with E-state index in [1.54, 1.807) is 6.07 Å². The van der Waals surface area contributed by atoms with Crippen LogP contribution in [0.25, 0.3) is 11.0 Å². The van der Waals surface area contributed by atoms with Gasteiger partial charge in [0.15, 0.2) is 0 Å². The van der Waals surface area contributed by atoms with Gasteiger partial charge in [0.05, 0.1) is 11.0 Å². The Morgan fingerprint density at radius 1 is 1.25 bits per heavy atom. The Hall–Kier alpha value is -2.44. The summed E-state index contributed by atoms with van der Waals surface area (Å²) in [5.41, 5.74) is 0.723. The van der Waals surface area contributed by atoms with E-state index >= 15 is 0 Å². The SMILES string of the molecule is O=C(CCc1nc2ccc(F)cc2[nH]1)N1CCCC12CCCN(C1CC1)C2=O. The number of H-pyrrole nitrogens is 1. The minimum atomic E-state index is -0.616. The van der Waals surface area contributed by atoms with Crippen LogP contribution in [-0.2, 0) is 16.0 Å². The molecule has 0 bridgehead atoms. The average Bonchev–Trinajstić information content (AvgIpc) is 3.31. The molecule has 2 amide bonds. The summed E-state index contributed by atoms with van der Waals surface area (Å²) in [4.78, 5) is 37.7. The van der Waals surface area contributed by atoms with Crippen molar-refractivity contribution in [1.82, 2.24) is 19.8 Å². The number of carbonyl (C=O) groups excluding carboxylic acids is 2. The monoisotopic (exact) mass is 384 g/mol. The van der Waals surface area contributed by atoms with Gasteiger partial charge in [0.1, 0.15) is 17.2 Å². The molecule has 2 saturated heterocycles. The number of nitrogens with zero attached hydrogens (tertiary/aromatic N) is 3. The van der Waals surface area contributed by atoms with Crippen molar-refractivity contribution in [3.8, 4) is 0 Å². The van der Waals surface area contributed by atoms with Gasteiger partial charge in [-0.2, -0.15) is 0 Å². The minimum absolute atomic E-state index is 0.0233. The topological polar surface area (TPSA) is 69.3 Å². The number of hydrogen-bond acceptors (Lipinski definition) is 3. The lowest BCUT2D eigenvalue weighted by molar-refractivity contribution is -0.155. The molecule has 2 aromatic rings. The predicted octanol–water partition coefficient (Wildman–Crippen LogP) is 2.78. The molecule has 3 fully saturated rings. The lowest BCUT2D eigenvalue weighted by atomic mass is 9.85. The van der Waals surface area contributed by atoms with Gasteiger partial charge in [0, 0.05) is 32.0 Å². The molecule has 2 aliphatic heterocycles. The smallest absolute Gasteiger partial charge is 0.248 e. The summed E-state index contributed by atoms with van der Waals surface area (Å²) < 4.78 is 13.4. The fourth-order valence-corrected chi connectivity index (χ4v) is 4.99. The highest BCUT2D eigenvalue weighted by atomic mass is 19.1. The van der Waals surface area contributed by atoms with Crippen LogP contribution in [0.5, 0.6) is 0 Å². The lowest BCUT2D eigenvalue weighted by Gasteiger charge is -2.44. The van der Waals surface area contributed by atoms with E-state index in [1.807, 2.05) is 9.80 Å². The standard InChI is InChI=1S/C21H25FN4O2/c22-14-3-6-16-17(13-14)24-18(23-16)7-8-19(27)26-12-2-10-21(26)9-1-11-25(20(21)28)15-4-5-15/h3,6,13,15H,1-2,4-5,7-12H2,(H,23,24). The molecular weight excluding hydrogens is 359 g/mol. The first-order valence-electron chi connectivity index (χ1n) is 10.3. The number of fused-ring (bicyclic) bond motifs is 1. The highest BCUT2D eigenvalue weighted by Crippen LogP contribution is 2.42. The third kappa shape index (κ3) is 2.88. The number of aromatic amines is 1. The van der Waals surface area contributed by atoms with Gasteiger partial charge in [-0.3, -0.25) is 9.59 Å². The van der Waals surface area contributed by atoms with Gasteiger partial charge in [0.25, 0.3) is 0 Å². The number of rotatable bonds is 4. The summed E-state index contributed by atoms with van der Waals surface area (Å²) in [7, 11) is 0. The summed E-state index contributed by atoms with van der Waals surface area (Å²) in [5.74, 6) is 0.562. The van der Waals surface area contributed by atoms with Gasteiger partial charge in [0.2, 0.25) is 11.8 Å². The zero-order chi connectivity index (χ0) is 19.3. The van der Waals surface area contributed by atoms with Crippen LogP contribution >= 0.6 is 0 Å². The fourth-order valence-electron chi connectivity index (χ4n) is 4.99. The van der Waals surface area contributed by atoms with Crippen molar-refractivity contribution in [2.75, 3.05) is 13.1 Å². The zero-order valence-corrected chi connectivity index (χ0v) is 15.9. The van der Waals surface area contributed by atoms with Crippen molar-refractivity contribution in [3.05, 3.63) is 29.8 Å². The number of hydrogen-bond donors (Lipinski definition) is 1. The van der Waals surface area contributed by atoms with E-state index in [9.17, 15) is 14.0 Å². The Balaban J connectivity index is 1.30. The van der Waals surface area contributed by atoms with Gasteiger partial charge in [-0.05, 0) is 56.7 Å². The first-order chi connectivity index (χ1) is 13.6. The van der Waals surface area contributed by atoms with Crippen molar-refractivity contribution in [2.45, 2.75) is 62.9 Å². The number of aromatic nitrogens is 2. The Bertz CT molecular complexity index is 938. The molecule has 3 heterocycles. The normalized spacial score (nSPS) is 25.2. The average molecular weight is 384 g/mol. The molecule has 1 saturated carbocycles. The van der Waals surface area contributed by atoms with E-state index in [2.05, 4.69) is 9.97 Å². The van der Waals surface area contributed by atoms with Crippen molar-refractivity contribution in [1.29, 1.82) is 0 Å². The van der Waals surface area contributed by atoms with Crippen molar-refractivity contribution < 1.29 is 14.0 Å². The first-order valence-corrected chi connectivity index (χ1v) is 10.3. The Kier molecular flexibility index (Phi) is 4.14. The van der Waals surface area contributed by atoms with Crippen molar-refractivity contribution in [2.24, 2.45) is 0 Å². The lowest BCUT2D eigenvalue weighted by Crippen LogP contribution is -2.61. The van der Waals surface area contributed by atoms with E-state index in [4.69, 9.17) is 0 Å². The number of imidazole rings is 1. The fraction of sp³-hybridized carbons (Fsp3) is 0.571. The Morgan fingerprint density at radius 3 is 2.82 bits per heavy atom. The number of likely N-dealkylation sites (tertiary alicyclic amines) is 2. The molecule has 7 heteroatoms. The summed E-state index contributed by atoms with van der Waals surface area (Å²) >= 11 is 0. The summed E-state index contributed by atoms with van der Waals surface area (Å²) in [6.45, 7) is 1.50. The van der Waals surface area contributed by atoms with E-state index < -0.39 is 5.54 Å². The number of carbonyl (C=O) groups is 2. The van der Waals surface area contributed by atoms with Crippen LogP contribution in [0, 0.1) is 5.82 Å². The van der Waals surface area contributed by atoms with Gasteiger partial charge >= 0.3 is 0 Å². The number of benzene rings is 1. The number of halogens is 1. The van der Waals surface area contributed by atoms with E-state index in [0.717, 1.165) is 45.1 Å².